The van der Waals surface area contributed by atoms with Crippen molar-refractivity contribution in [2.75, 3.05) is 6.54 Å². The summed E-state index contributed by atoms with van der Waals surface area (Å²) < 4.78 is 24.6. The van der Waals surface area contributed by atoms with Gasteiger partial charge in [-0.1, -0.05) is 18.2 Å². The van der Waals surface area contributed by atoms with Gasteiger partial charge < -0.3 is 4.90 Å². The maximum atomic E-state index is 12.3. The van der Waals surface area contributed by atoms with Gasteiger partial charge in [-0.05, 0) is 18.6 Å². The zero-order valence-corrected chi connectivity index (χ0v) is 9.36. The van der Waals surface area contributed by atoms with E-state index in [1.165, 1.54) is 0 Å². The third kappa shape index (κ3) is 3.25. The molecule has 0 unspecified atom stereocenters. The lowest BCUT2D eigenvalue weighted by Crippen LogP contribution is -2.35. The summed E-state index contributed by atoms with van der Waals surface area (Å²) in [5.41, 5.74) is 0.971. The van der Waals surface area contributed by atoms with Gasteiger partial charge in [0.1, 0.15) is 0 Å². The number of alkyl halides is 2. The zero-order valence-electron chi connectivity index (χ0n) is 9.36. The molecule has 0 fully saturated rings. The van der Waals surface area contributed by atoms with E-state index in [4.69, 9.17) is 5.26 Å². The molecule has 0 atom stereocenters. The average Bonchev–Trinajstić information content (AvgIpc) is 2.35. The predicted octanol–water partition coefficient (Wildman–Crippen LogP) is 2.17. The van der Waals surface area contributed by atoms with Crippen LogP contribution in [0.4, 0.5) is 8.78 Å². The molecule has 0 radical (unpaired) electrons. The molecule has 0 bridgehead atoms. The lowest BCUT2D eigenvalue weighted by molar-refractivity contribution is -0.143. The summed E-state index contributed by atoms with van der Waals surface area (Å²) in [6.45, 7) is 1.83. The van der Waals surface area contributed by atoms with Crippen molar-refractivity contribution in [1.29, 1.82) is 5.26 Å². The van der Waals surface area contributed by atoms with E-state index in [2.05, 4.69) is 0 Å². The molecule has 3 nitrogen and oxygen atoms in total. The number of carbonyl (C=O) groups excluding carboxylic acids is 1. The molecule has 0 N–H and O–H groups in total. The molecule has 0 aliphatic carbocycles. The van der Waals surface area contributed by atoms with Gasteiger partial charge in [-0.3, -0.25) is 4.79 Å². The van der Waals surface area contributed by atoms with E-state index in [1.54, 1.807) is 31.2 Å². The Kier molecular flexibility index (Phi) is 4.58. The normalized spacial score (nSPS) is 10.1. The van der Waals surface area contributed by atoms with Crippen LogP contribution in [0.5, 0.6) is 0 Å². The topological polar surface area (TPSA) is 44.1 Å². The molecule has 0 aliphatic rings. The Labute approximate surface area is 98.3 Å². The second kappa shape index (κ2) is 5.94. The van der Waals surface area contributed by atoms with Gasteiger partial charge in [0.2, 0.25) is 0 Å². The summed E-state index contributed by atoms with van der Waals surface area (Å²) in [5.74, 6) is -1.21. The monoisotopic (exact) mass is 238 g/mol. The van der Waals surface area contributed by atoms with Gasteiger partial charge in [0.25, 0.3) is 5.91 Å². The highest BCUT2D eigenvalue weighted by atomic mass is 19.3. The van der Waals surface area contributed by atoms with Crippen LogP contribution in [-0.4, -0.2) is 23.8 Å². The number of nitriles is 1. The number of hydrogen-bond acceptors (Lipinski definition) is 2. The summed E-state index contributed by atoms with van der Waals surface area (Å²) >= 11 is 0. The fraction of sp³-hybridized carbons (Fsp3) is 0.333. The molecule has 0 aromatic heterocycles. The molecule has 1 amide bonds. The minimum absolute atomic E-state index is 0.0312. The SMILES string of the molecule is CCN(Cc1ccccc1C#N)C(=O)C(F)F. The van der Waals surface area contributed by atoms with Crippen LogP contribution in [0.1, 0.15) is 18.1 Å². The molecule has 0 saturated heterocycles. The number of rotatable bonds is 4. The van der Waals surface area contributed by atoms with Crippen LogP contribution in [-0.2, 0) is 11.3 Å². The van der Waals surface area contributed by atoms with Crippen LogP contribution < -0.4 is 0 Å². The fourth-order valence-corrected chi connectivity index (χ4v) is 1.46. The summed E-state index contributed by atoms with van der Waals surface area (Å²) in [4.78, 5) is 12.2. The average molecular weight is 238 g/mol. The van der Waals surface area contributed by atoms with Crippen molar-refractivity contribution < 1.29 is 13.6 Å². The van der Waals surface area contributed by atoms with Crippen molar-refractivity contribution in [2.45, 2.75) is 19.9 Å². The second-order valence-corrected chi connectivity index (χ2v) is 3.42. The second-order valence-electron chi connectivity index (χ2n) is 3.42. The van der Waals surface area contributed by atoms with Gasteiger partial charge in [-0.15, -0.1) is 0 Å². The van der Waals surface area contributed by atoms with Gasteiger partial charge in [0.15, 0.2) is 0 Å². The number of amides is 1. The van der Waals surface area contributed by atoms with Crippen LogP contribution >= 0.6 is 0 Å². The molecule has 0 aliphatic heterocycles. The van der Waals surface area contributed by atoms with Crippen LogP contribution in [0, 0.1) is 11.3 Å². The summed E-state index contributed by atoms with van der Waals surface area (Å²) in [5, 5.41) is 8.85. The van der Waals surface area contributed by atoms with Crippen molar-refractivity contribution in [3.63, 3.8) is 0 Å². The van der Waals surface area contributed by atoms with Crippen molar-refractivity contribution >= 4 is 5.91 Å². The van der Waals surface area contributed by atoms with E-state index in [1.807, 2.05) is 6.07 Å². The van der Waals surface area contributed by atoms with Gasteiger partial charge in [-0.2, -0.15) is 14.0 Å². The van der Waals surface area contributed by atoms with E-state index in [0.29, 0.717) is 11.1 Å². The van der Waals surface area contributed by atoms with Crippen molar-refractivity contribution in [3.05, 3.63) is 35.4 Å². The molecule has 1 aromatic rings. The number of halogens is 2. The first-order chi connectivity index (χ1) is 8.10. The van der Waals surface area contributed by atoms with Crippen molar-refractivity contribution in [2.24, 2.45) is 0 Å². The summed E-state index contributed by atoms with van der Waals surface area (Å²) in [6, 6.07) is 8.61. The first-order valence-corrected chi connectivity index (χ1v) is 5.15. The van der Waals surface area contributed by atoms with Crippen LogP contribution in [0.2, 0.25) is 0 Å². The molecule has 0 spiro atoms. The fourth-order valence-electron chi connectivity index (χ4n) is 1.46. The number of benzene rings is 1. The number of nitrogens with zero attached hydrogens (tertiary/aromatic N) is 2. The number of hydrogen-bond donors (Lipinski definition) is 0. The maximum Gasteiger partial charge on any atom is 0.315 e. The van der Waals surface area contributed by atoms with Crippen molar-refractivity contribution in [1.82, 2.24) is 4.90 Å². The Balaban J connectivity index is 2.89. The molecule has 90 valence electrons. The first-order valence-electron chi connectivity index (χ1n) is 5.15. The standard InChI is InChI=1S/C12H12F2N2O/c1-2-16(12(17)11(13)14)8-10-6-4-3-5-9(10)7-15/h3-6,11H,2,8H2,1H3. The third-order valence-corrected chi connectivity index (χ3v) is 2.38. The molecule has 1 aromatic carbocycles. The van der Waals surface area contributed by atoms with Crippen LogP contribution in [0.3, 0.4) is 0 Å². The smallest absolute Gasteiger partial charge is 0.315 e. The molecular formula is C12H12F2N2O. The highest BCUT2D eigenvalue weighted by Gasteiger charge is 2.22. The minimum atomic E-state index is -3.01. The Bertz CT molecular complexity index is 440. The Morgan fingerprint density at radius 2 is 2.12 bits per heavy atom. The molecule has 1 rings (SSSR count). The highest BCUT2D eigenvalue weighted by Crippen LogP contribution is 2.12. The Hall–Kier alpha value is -1.96. The molecule has 17 heavy (non-hydrogen) atoms. The highest BCUT2D eigenvalue weighted by molar-refractivity contribution is 5.79. The van der Waals surface area contributed by atoms with E-state index in [-0.39, 0.29) is 13.1 Å². The summed E-state index contributed by atoms with van der Waals surface area (Å²) in [6.07, 6.45) is -3.01. The maximum absolute atomic E-state index is 12.3. The zero-order chi connectivity index (χ0) is 12.8. The van der Waals surface area contributed by atoms with Gasteiger partial charge >= 0.3 is 6.43 Å². The van der Waals surface area contributed by atoms with Crippen molar-refractivity contribution in [3.8, 4) is 6.07 Å². The van der Waals surface area contributed by atoms with E-state index in [0.717, 1.165) is 4.90 Å². The van der Waals surface area contributed by atoms with E-state index >= 15 is 0 Å². The summed E-state index contributed by atoms with van der Waals surface area (Å²) in [7, 11) is 0. The van der Waals surface area contributed by atoms with Gasteiger partial charge in [-0.25, -0.2) is 0 Å². The molecule has 0 heterocycles. The molecular weight excluding hydrogens is 226 g/mol. The largest absolute Gasteiger partial charge is 0.334 e. The van der Waals surface area contributed by atoms with E-state index in [9.17, 15) is 13.6 Å². The predicted molar refractivity (Wildman–Crippen MR) is 58.3 cm³/mol. The Morgan fingerprint density at radius 3 is 2.65 bits per heavy atom. The van der Waals surface area contributed by atoms with Crippen LogP contribution in [0.25, 0.3) is 0 Å². The number of carbonyl (C=O) groups is 1. The molecule has 0 saturated carbocycles. The van der Waals surface area contributed by atoms with Gasteiger partial charge in [0, 0.05) is 13.1 Å². The Morgan fingerprint density at radius 1 is 1.47 bits per heavy atom. The molecule has 5 heteroatoms. The van der Waals surface area contributed by atoms with Gasteiger partial charge in [0.05, 0.1) is 11.6 Å². The minimum Gasteiger partial charge on any atom is -0.334 e. The lowest BCUT2D eigenvalue weighted by atomic mass is 10.1. The van der Waals surface area contributed by atoms with E-state index < -0.39 is 12.3 Å². The lowest BCUT2D eigenvalue weighted by Gasteiger charge is -2.20. The quantitative estimate of drug-likeness (QED) is 0.806. The van der Waals surface area contributed by atoms with Crippen LogP contribution in [0.15, 0.2) is 24.3 Å². The first kappa shape index (κ1) is 13.1. The third-order valence-electron chi connectivity index (χ3n) is 2.38.